The second-order valence-electron chi connectivity index (χ2n) is 4.97. The molecule has 96 valence electrons. The maximum atomic E-state index is 10.3. The average molecular weight is 237 g/mol. The van der Waals surface area contributed by atoms with Crippen LogP contribution in [0.3, 0.4) is 0 Å². The maximum Gasteiger partial charge on any atom is 0.197 e. The molecule has 2 rings (SSSR count). The van der Waals surface area contributed by atoms with E-state index in [1.807, 2.05) is 13.8 Å². The minimum atomic E-state index is 0.286. The van der Waals surface area contributed by atoms with Gasteiger partial charge in [0, 0.05) is 17.2 Å². The second kappa shape index (κ2) is 5.03. The Bertz CT molecular complexity index is 362. The van der Waals surface area contributed by atoms with Gasteiger partial charge in [0.15, 0.2) is 11.8 Å². The lowest BCUT2D eigenvalue weighted by atomic mass is 9.95. The molecule has 1 aromatic heterocycles. The molecule has 1 aliphatic rings. The monoisotopic (exact) mass is 237 g/mol. The van der Waals surface area contributed by atoms with Gasteiger partial charge in [0.25, 0.3) is 0 Å². The number of hydrogen-bond donors (Lipinski definition) is 2. The molecule has 1 fully saturated rings. The third-order valence-corrected chi connectivity index (χ3v) is 4.01. The second-order valence-corrected chi connectivity index (χ2v) is 4.97. The van der Waals surface area contributed by atoms with Gasteiger partial charge < -0.3 is 10.2 Å². The predicted molar refractivity (Wildman–Crippen MR) is 68.6 cm³/mol. The number of hydrogen-bond acceptors (Lipinski definition) is 2. The number of nitrogens with zero attached hydrogens (tertiary/aromatic N) is 1. The maximum absolute atomic E-state index is 10.3. The minimum Gasteiger partial charge on any atom is -0.494 e. The fourth-order valence-electron chi connectivity index (χ4n) is 3.09. The van der Waals surface area contributed by atoms with Gasteiger partial charge >= 0.3 is 0 Å². The van der Waals surface area contributed by atoms with Crippen LogP contribution in [0.1, 0.15) is 63.1 Å². The van der Waals surface area contributed by atoms with Crippen molar-refractivity contribution in [2.45, 2.75) is 64.8 Å². The van der Waals surface area contributed by atoms with Crippen LogP contribution in [0.25, 0.3) is 0 Å². The summed E-state index contributed by atoms with van der Waals surface area (Å²) in [7, 11) is 0. The lowest BCUT2D eigenvalue weighted by molar-refractivity contribution is 0.280. The first kappa shape index (κ1) is 12.3. The SMILES string of the molecule is CCc1c(CC)c(O)n(C2CCCCC2)c1O. The first-order valence-corrected chi connectivity index (χ1v) is 6.84. The minimum absolute atomic E-state index is 0.286. The Morgan fingerprint density at radius 2 is 1.41 bits per heavy atom. The summed E-state index contributed by atoms with van der Waals surface area (Å²) in [5, 5.41) is 20.6. The molecule has 0 aromatic carbocycles. The highest BCUT2D eigenvalue weighted by atomic mass is 16.3. The van der Waals surface area contributed by atoms with Gasteiger partial charge in [0.05, 0.1) is 0 Å². The van der Waals surface area contributed by atoms with E-state index < -0.39 is 0 Å². The summed E-state index contributed by atoms with van der Waals surface area (Å²) < 4.78 is 1.77. The molecule has 2 N–H and O–H groups in total. The van der Waals surface area contributed by atoms with Crippen molar-refractivity contribution in [2.75, 3.05) is 0 Å². The van der Waals surface area contributed by atoms with Crippen molar-refractivity contribution in [3.63, 3.8) is 0 Å². The van der Waals surface area contributed by atoms with E-state index in [9.17, 15) is 10.2 Å². The van der Waals surface area contributed by atoms with Crippen molar-refractivity contribution in [3.8, 4) is 11.8 Å². The topological polar surface area (TPSA) is 45.4 Å². The highest BCUT2D eigenvalue weighted by Gasteiger charge is 2.26. The lowest BCUT2D eigenvalue weighted by Gasteiger charge is -2.24. The number of rotatable bonds is 3. The van der Waals surface area contributed by atoms with Crippen molar-refractivity contribution in [2.24, 2.45) is 0 Å². The van der Waals surface area contributed by atoms with Gasteiger partial charge in [-0.1, -0.05) is 33.1 Å². The molecule has 0 bridgehead atoms. The van der Waals surface area contributed by atoms with Gasteiger partial charge in [-0.3, -0.25) is 4.57 Å². The average Bonchev–Trinajstić information content (AvgIpc) is 2.60. The lowest BCUT2D eigenvalue weighted by Crippen LogP contribution is -2.12. The van der Waals surface area contributed by atoms with Crippen molar-refractivity contribution >= 4 is 0 Å². The summed E-state index contributed by atoms with van der Waals surface area (Å²) in [6.45, 7) is 4.05. The molecule has 1 saturated carbocycles. The van der Waals surface area contributed by atoms with Crippen molar-refractivity contribution in [1.29, 1.82) is 0 Å². The highest BCUT2D eigenvalue weighted by Crippen LogP contribution is 2.41. The Labute approximate surface area is 103 Å². The zero-order chi connectivity index (χ0) is 12.4. The quantitative estimate of drug-likeness (QED) is 0.844. The number of aromatic nitrogens is 1. The summed E-state index contributed by atoms with van der Waals surface area (Å²) >= 11 is 0. The zero-order valence-corrected chi connectivity index (χ0v) is 10.9. The van der Waals surface area contributed by atoms with Crippen LogP contribution < -0.4 is 0 Å². The van der Waals surface area contributed by atoms with E-state index in [2.05, 4.69) is 0 Å². The summed E-state index contributed by atoms with van der Waals surface area (Å²) in [5.41, 5.74) is 1.85. The standard InChI is InChI=1S/C14H23NO2/c1-3-11-12(4-2)14(17)15(13(11)16)10-8-6-5-7-9-10/h10,16-17H,3-9H2,1-2H3. The highest BCUT2D eigenvalue weighted by molar-refractivity contribution is 5.46. The van der Waals surface area contributed by atoms with Crippen molar-refractivity contribution in [1.82, 2.24) is 4.57 Å². The van der Waals surface area contributed by atoms with E-state index in [-0.39, 0.29) is 6.04 Å². The third kappa shape index (κ3) is 2.03. The first-order chi connectivity index (χ1) is 8.20. The van der Waals surface area contributed by atoms with Crippen LogP contribution in [0.4, 0.5) is 0 Å². The Morgan fingerprint density at radius 1 is 0.941 bits per heavy atom. The smallest absolute Gasteiger partial charge is 0.197 e. The molecule has 1 aromatic rings. The molecule has 0 saturated heterocycles. The van der Waals surface area contributed by atoms with Gasteiger partial charge in [-0.2, -0.15) is 0 Å². The van der Waals surface area contributed by atoms with Crippen LogP contribution in [-0.4, -0.2) is 14.8 Å². The molecule has 3 heteroatoms. The Kier molecular flexibility index (Phi) is 3.65. The molecular formula is C14H23NO2. The number of aromatic hydroxyl groups is 2. The molecule has 0 unspecified atom stereocenters. The predicted octanol–water partition coefficient (Wildman–Crippen LogP) is 3.53. The molecule has 0 aliphatic heterocycles. The Morgan fingerprint density at radius 3 is 1.82 bits per heavy atom. The van der Waals surface area contributed by atoms with Crippen LogP contribution in [0.5, 0.6) is 11.8 Å². The molecular weight excluding hydrogens is 214 g/mol. The zero-order valence-electron chi connectivity index (χ0n) is 10.9. The van der Waals surface area contributed by atoms with E-state index in [1.165, 1.54) is 19.3 Å². The Hall–Kier alpha value is -1.12. The molecule has 1 heterocycles. The van der Waals surface area contributed by atoms with Gasteiger partial charge in [0.1, 0.15) is 0 Å². The largest absolute Gasteiger partial charge is 0.494 e. The van der Waals surface area contributed by atoms with E-state index in [0.717, 1.165) is 36.8 Å². The molecule has 3 nitrogen and oxygen atoms in total. The van der Waals surface area contributed by atoms with Crippen LogP contribution in [0, 0.1) is 0 Å². The summed E-state index contributed by atoms with van der Waals surface area (Å²) in [6.07, 6.45) is 7.38. The summed E-state index contributed by atoms with van der Waals surface area (Å²) in [5.74, 6) is 0.600. The fourth-order valence-corrected chi connectivity index (χ4v) is 3.09. The van der Waals surface area contributed by atoms with Crippen molar-refractivity contribution < 1.29 is 10.2 Å². The molecule has 0 atom stereocenters. The van der Waals surface area contributed by atoms with E-state index in [1.54, 1.807) is 4.57 Å². The van der Waals surface area contributed by atoms with Crippen molar-refractivity contribution in [3.05, 3.63) is 11.1 Å². The molecule has 1 aliphatic carbocycles. The van der Waals surface area contributed by atoms with E-state index in [4.69, 9.17) is 0 Å². The van der Waals surface area contributed by atoms with E-state index in [0.29, 0.717) is 11.8 Å². The van der Waals surface area contributed by atoms with Gasteiger partial charge in [-0.05, 0) is 25.7 Å². The molecule has 0 amide bonds. The first-order valence-electron chi connectivity index (χ1n) is 6.84. The van der Waals surface area contributed by atoms with Gasteiger partial charge in [-0.25, -0.2) is 0 Å². The fraction of sp³-hybridized carbons (Fsp3) is 0.714. The Balaban J connectivity index is 2.42. The molecule has 0 radical (unpaired) electrons. The molecule has 0 spiro atoms. The molecule has 17 heavy (non-hydrogen) atoms. The van der Waals surface area contributed by atoms with Crippen LogP contribution in [0.2, 0.25) is 0 Å². The normalized spacial score (nSPS) is 17.5. The summed E-state index contributed by atoms with van der Waals surface area (Å²) in [4.78, 5) is 0. The van der Waals surface area contributed by atoms with Crippen LogP contribution >= 0.6 is 0 Å². The van der Waals surface area contributed by atoms with Gasteiger partial charge in [0.2, 0.25) is 0 Å². The third-order valence-electron chi connectivity index (χ3n) is 4.01. The van der Waals surface area contributed by atoms with E-state index >= 15 is 0 Å². The summed E-state index contributed by atoms with van der Waals surface area (Å²) in [6, 6.07) is 0.286. The van der Waals surface area contributed by atoms with Crippen LogP contribution in [0.15, 0.2) is 0 Å². The van der Waals surface area contributed by atoms with Crippen LogP contribution in [-0.2, 0) is 12.8 Å². The van der Waals surface area contributed by atoms with Gasteiger partial charge in [-0.15, -0.1) is 0 Å².